The Hall–Kier alpha value is -1.04. The van der Waals surface area contributed by atoms with Crippen LogP contribution in [0.4, 0.5) is 13.2 Å². The van der Waals surface area contributed by atoms with Crippen molar-refractivity contribution in [2.45, 2.75) is 6.10 Å². The van der Waals surface area contributed by atoms with Crippen molar-refractivity contribution >= 4 is 27.5 Å². The fourth-order valence-electron chi connectivity index (χ4n) is 1.61. The van der Waals surface area contributed by atoms with Crippen LogP contribution >= 0.6 is 27.5 Å². The van der Waals surface area contributed by atoms with Crippen LogP contribution in [0.2, 0.25) is 5.02 Å². The van der Waals surface area contributed by atoms with Gasteiger partial charge in [-0.3, -0.25) is 0 Å². The summed E-state index contributed by atoms with van der Waals surface area (Å²) >= 11 is 9.03. The van der Waals surface area contributed by atoms with Gasteiger partial charge in [-0.15, -0.1) is 0 Å². The first kappa shape index (κ1) is 14.4. The summed E-state index contributed by atoms with van der Waals surface area (Å²) in [5.74, 6) is -4.33. The van der Waals surface area contributed by atoms with E-state index in [4.69, 9.17) is 11.6 Å². The molecule has 0 saturated heterocycles. The van der Waals surface area contributed by atoms with Crippen LogP contribution in [0.5, 0.6) is 0 Å². The molecular formula is C13H7BrClF3O. The molecule has 6 heteroatoms. The minimum atomic E-state index is -1.61. The van der Waals surface area contributed by atoms with Gasteiger partial charge in [0.25, 0.3) is 0 Å². The third kappa shape index (κ3) is 2.78. The fraction of sp³-hybridized carbons (Fsp3) is 0.0769. The molecule has 0 spiro atoms. The quantitative estimate of drug-likeness (QED) is 0.784. The van der Waals surface area contributed by atoms with Gasteiger partial charge >= 0.3 is 0 Å². The van der Waals surface area contributed by atoms with Crippen LogP contribution in [-0.2, 0) is 0 Å². The Bertz CT molecular complexity index is 634. The Morgan fingerprint density at radius 3 is 2.37 bits per heavy atom. The molecule has 2 aromatic rings. The molecule has 2 rings (SSSR count). The predicted octanol–water partition coefficient (Wildman–Crippen LogP) is 4.60. The van der Waals surface area contributed by atoms with Crippen molar-refractivity contribution < 1.29 is 18.3 Å². The van der Waals surface area contributed by atoms with Crippen LogP contribution in [0.3, 0.4) is 0 Å². The van der Waals surface area contributed by atoms with Gasteiger partial charge in [-0.1, -0.05) is 23.7 Å². The number of aliphatic hydroxyl groups excluding tert-OH is 1. The van der Waals surface area contributed by atoms with E-state index in [-0.39, 0.29) is 11.1 Å². The van der Waals surface area contributed by atoms with E-state index in [1.807, 2.05) is 0 Å². The SMILES string of the molecule is OC(c1ccc(Br)c(Cl)c1)c1ccc(F)c(F)c1F. The minimum absolute atomic E-state index is 0.276. The summed E-state index contributed by atoms with van der Waals surface area (Å²) in [6.07, 6.45) is -1.43. The van der Waals surface area contributed by atoms with E-state index in [9.17, 15) is 18.3 Å². The molecule has 0 fully saturated rings. The van der Waals surface area contributed by atoms with E-state index < -0.39 is 23.6 Å². The van der Waals surface area contributed by atoms with Crippen molar-refractivity contribution in [1.29, 1.82) is 0 Å². The third-order valence-electron chi connectivity index (χ3n) is 2.62. The Balaban J connectivity index is 2.47. The Morgan fingerprint density at radius 1 is 1.05 bits per heavy atom. The summed E-state index contributed by atoms with van der Waals surface area (Å²) in [7, 11) is 0. The van der Waals surface area contributed by atoms with Gasteiger partial charge in [-0.2, -0.15) is 0 Å². The lowest BCUT2D eigenvalue weighted by Gasteiger charge is -2.13. The van der Waals surface area contributed by atoms with E-state index in [0.717, 1.165) is 12.1 Å². The average molecular weight is 352 g/mol. The standard InChI is InChI=1S/C13H7BrClF3O/c14-8-3-1-6(5-9(8)15)13(19)7-2-4-10(16)12(18)11(7)17/h1-5,13,19H. The first-order chi connectivity index (χ1) is 8.91. The second-order valence-electron chi connectivity index (χ2n) is 3.84. The van der Waals surface area contributed by atoms with Gasteiger partial charge in [0.15, 0.2) is 17.5 Å². The maximum atomic E-state index is 13.6. The summed E-state index contributed by atoms with van der Waals surface area (Å²) in [5.41, 5.74) is -0.0737. The highest BCUT2D eigenvalue weighted by atomic mass is 79.9. The zero-order chi connectivity index (χ0) is 14.2. The van der Waals surface area contributed by atoms with E-state index in [1.165, 1.54) is 12.1 Å². The highest BCUT2D eigenvalue weighted by molar-refractivity contribution is 9.10. The molecule has 1 N–H and O–H groups in total. The molecule has 100 valence electrons. The summed E-state index contributed by atoms with van der Waals surface area (Å²) in [6.45, 7) is 0. The second kappa shape index (κ2) is 5.53. The van der Waals surface area contributed by atoms with Gasteiger partial charge in [0.2, 0.25) is 0 Å². The fourth-order valence-corrected chi connectivity index (χ4v) is 2.05. The molecule has 0 heterocycles. The molecule has 1 nitrogen and oxygen atoms in total. The predicted molar refractivity (Wildman–Crippen MR) is 69.5 cm³/mol. The van der Waals surface area contributed by atoms with Gasteiger partial charge in [0, 0.05) is 10.0 Å². The van der Waals surface area contributed by atoms with Crippen molar-refractivity contribution in [1.82, 2.24) is 0 Å². The minimum Gasteiger partial charge on any atom is -0.384 e. The maximum Gasteiger partial charge on any atom is 0.194 e. The smallest absolute Gasteiger partial charge is 0.194 e. The summed E-state index contributed by atoms with van der Waals surface area (Å²) < 4.78 is 40.1. The van der Waals surface area contributed by atoms with Gasteiger partial charge in [-0.25, -0.2) is 13.2 Å². The average Bonchev–Trinajstić information content (AvgIpc) is 2.39. The topological polar surface area (TPSA) is 20.2 Å². The molecule has 1 atom stereocenters. The van der Waals surface area contributed by atoms with Crippen LogP contribution < -0.4 is 0 Å². The van der Waals surface area contributed by atoms with E-state index in [1.54, 1.807) is 6.07 Å². The first-order valence-corrected chi connectivity index (χ1v) is 6.35. The molecule has 0 aliphatic heterocycles. The highest BCUT2D eigenvalue weighted by Crippen LogP contribution is 2.31. The zero-order valence-corrected chi connectivity index (χ0v) is 11.6. The van der Waals surface area contributed by atoms with Crippen molar-refractivity contribution in [2.75, 3.05) is 0 Å². The second-order valence-corrected chi connectivity index (χ2v) is 5.10. The summed E-state index contributed by atoms with van der Waals surface area (Å²) in [6, 6.07) is 6.24. The molecule has 0 bridgehead atoms. The zero-order valence-electron chi connectivity index (χ0n) is 9.30. The largest absolute Gasteiger partial charge is 0.384 e. The van der Waals surface area contributed by atoms with Gasteiger partial charge in [-0.05, 0) is 39.7 Å². The van der Waals surface area contributed by atoms with Crippen LogP contribution in [-0.4, -0.2) is 5.11 Å². The monoisotopic (exact) mass is 350 g/mol. The molecule has 0 aliphatic carbocycles. The van der Waals surface area contributed by atoms with Crippen LogP contribution in [0.25, 0.3) is 0 Å². The normalized spacial score (nSPS) is 12.5. The first-order valence-electron chi connectivity index (χ1n) is 5.18. The lowest BCUT2D eigenvalue weighted by Crippen LogP contribution is -2.05. The van der Waals surface area contributed by atoms with Crippen molar-refractivity contribution in [3.63, 3.8) is 0 Å². The Kier molecular flexibility index (Phi) is 4.18. The number of benzene rings is 2. The van der Waals surface area contributed by atoms with Crippen LogP contribution in [0.1, 0.15) is 17.2 Å². The lowest BCUT2D eigenvalue weighted by atomic mass is 10.0. The maximum absolute atomic E-state index is 13.6. The molecule has 0 radical (unpaired) electrons. The Labute approximate surface area is 120 Å². The van der Waals surface area contributed by atoms with E-state index in [0.29, 0.717) is 9.50 Å². The van der Waals surface area contributed by atoms with Crippen molar-refractivity contribution in [3.8, 4) is 0 Å². The lowest BCUT2D eigenvalue weighted by molar-refractivity contribution is 0.212. The summed E-state index contributed by atoms with van der Waals surface area (Å²) in [5, 5.41) is 10.3. The molecule has 19 heavy (non-hydrogen) atoms. The van der Waals surface area contributed by atoms with Crippen molar-refractivity contribution in [3.05, 3.63) is 68.4 Å². The number of hydrogen-bond acceptors (Lipinski definition) is 1. The number of aliphatic hydroxyl groups is 1. The number of rotatable bonds is 2. The van der Waals surface area contributed by atoms with Gasteiger partial charge in [0.1, 0.15) is 6.10 Å². The van der Waals surface area contributed by atoms with Crippen LogP contribution in [0, 0.1) is 17.5 Å². The van der Waals surface area contributed by atoms with Crippen LogP contribution in [0.15, 0.2) is 34.8 Å². The molecule has 1 unspecified atom stereocenters. The number of halogens is 5. The van der Waals surface area contributed by atoms with Gasteiger partial charge in [0.05, 0.1) is 5.02 Å². The van der Waals surface area contributed by atoms with Crippen molar-refractivity contribution in [2.24, 2.45) is 0 Å². The highest BCUT2D eigenvalue weighted by Gasteiger charge is 2.20. The molecule has 0 saturated carbocycles. The number of hydrogen-bond donors (Lipinski definition) is 1. The third-order valence-corrected chi connectivity index (χ3v) is 3.85. The van der Waals surface area contributed by atoms with E-state index >= 15 is 0 Å². The molecule has 0 aromatic heterocycles. The van der Waals surface area contributed by atoms with E-state index in [2.05, 4.69) is 15.9 Å². The molecule has 0 amide bonds. The summed E-state index contributed by atoms with van der Waals surface area (Å²) in [4.78, 5) is 0. The molecule has 2 aromatic carbocycles. The molecular weight excluding hydrogens is 344 g/mol. The van der Waals surface area contributed by atoms with Gasteiger partial charge < -0.3 is 5.11 Å². The molecule has 0 aliphatic rings. The Morgan fingerprint density at radius 2 is 1.74 bits per heavy atom.